The van der Waals surface area contributed by atoms with Crippen molar-refractivity contribution in [2.75, 3.05) is 4.72 Å². The zero-order valence-electron chi connectivity index (χ0n) is 10.4. The van der Waals surface area contributed by atoms with Crippen LogP contribution in [0.4, 0.5) is 5.69 Å². The van der Waals surface area contributed by atoms with Crippen molar-refractivity contribution >= 4 is 15.7 Å². The Labute approximate surface area is 105 Å². The molecule has 0 saturated carbocycles. The molecule has 2 N–H and O–H groups in total. The number of hydrogen-bond donors (Lipinski definition) is 2. The summed E-state index contributed by atoms with van der Waals surface area (Å²) in [5.74, 6) is 0.553. The van der Waals surface area contributed by atoms with Crippen LogP contribution in [0.2, 0.25) is 0 Å². The number of aromatic amines is 1. The minimum absolute atomic E-state index is 0.0471. The van der Waals surface area contributed by atoms with Crippen LogP contribution >= 0.6 is 0 Å². The number of rotatable bonds is 4. The monoisotopic (exact) mass is 269 g/mol. The molecular weight excluding hydrogens is 254 g/mol. The molecule has 0 spiro atoms. The van der Waals surface area contributed by atoms with Gasteiger partial charge in [0.05, 0.1) is 17.6 Å². The van der Waals surface area contributed by atoms with Crippen molar-refractivity contribution in [2.45, 2.75) is 25.3 Å². The number of H-pyrrole nitrogens is 1. The number of nitrogens with one attached hydrogen (secondary N) is 2. The number of aromatic nitrogens is 4. The Hall–Kier alpha value is -1.83. The second kappa shape index (κ2) is 4.45. The summed E-state index contributed by atoms with van der Waals surface area (Å²) in [6, 6.07) is 0. The summed E-state index contributed by atoms with van der Waals surface area (Å²) in [6.45, 7) is 3.61. The minimum Gasteiger partial charge on any atom is -0.332 e. The molecule has 18 heavy (non-hydrogen) atoms. The van der Waals surface area contributed by atoms with Crippen molar-refractivity contribution in [1.82, 2.24) is 19.7 Å². The van der Waals surface area contributed by atoms with Gasteiger partial charge in [-0.1, -0.05) is 6.92 Å². The van der Waals surface area contributed by atoms with Crippen molar-refractivity contribution in [3.8, 4) is 0 Å². The Kier molecular flexibility index (Phi) is 3.12. The second-order valence-corrected chi connectivity index (χ2v) is 5.61. The highest BCUT2D eigenvalue weighted by atomic mass is 32.2. The largest absolute Gasteiger partial charge is 0.332 e. The third-order valence-corrected chi connectivity index (χ3v) is 3.73. The van der Waals surface area contributed by atoms with Crippen molar-refractivity contribution in [2.24, 2.45) is 7.05 Å². The first-order valence-corrected chi connectivity index (χ1v) is 6.97. The summed E-state index contributed by atoms with van der Waals surface area (Å²) in [4.78, 5) is 6.57. The highest BCUT2D eigenvalue weighted by molar-refractivity contribution is 7.92. The first-order valence-electron chi connectivity index (χ1n) is 5.49. The van der Waals surface area contributed by atoms with Gasteiger partial charge in [0.2, 0.25) is 0 Å². The van der Waals surface area contributed by atoms with Crippen LogP contribution in [0.1, 0.15) is 18.4 Å². The Bertz CT molecular complexity index is 656. The zero-order chi connectivity index (χ0) is 13.3. The molecule has 2 heterocycles. The maximum Gasteiger partial charge on any atom is 0.279 e. The molecule has 0 aliphatic rings. The van der Waals surface area contributed by atoms with Gasteiger partial charge in [0, 0.05) is 13.2 Å². The summed E-state index contributed by atoms with van der Waals surface area (Å²) in [5, 5.41) is 4.22. The smallest absolute Gasteiger partial charge is 0.279 e. The maximum atomic E-state index is 12.1. The van der Waals surface area contributed by atoms with Gasteiger partial charge in [-0.25, -0.2) is 4.98 Å². The number of nitrogens with zero attached hydrogens (tertiary/aromatic N) is 3. The lowest BCUT2D eigenvalue weighted by Crippen LogP contribution is -2.14. The molecule has 0 atom stereocenters. The van der Waals surface area contributed by atoms with Crippen molar-refractivity contribution < 1.29 is 8.42 Å². The number of imidazole rings is 1. The third kappa shape index (κ3) is 2.37. The van der Waals surface area contributed by atoms with E-state index >= 15 is 0 Å². The van der Waals surface area contributed by atoms with E-state index in [0.717, 1.165) is 0 Å². The summed E-state index contributed by atoms with van der Waals surface area (Å²) in [6.07, 6.45) is 3.58. The molecule has 0 aliphatic carbocycles. The topological polar surface area (TPSA) is 92.7 Å². The first kappa shape index (κ1) is 12.6. The lowest BCUT2D eigenvalue weighted by molar-refractivity contribution is 0.598. The molecule has 0 radical (unpaired) electrons. The van der Waals surface area contributed by atoms with Crippen LogP contribution < -0.4 is 4.72 Å². The Balaban J connectivity index is 2.33. The average Bonchev–Trinajstić information content (AvgIpc) is 2.84. The predicted molar refractivity (Wildman–Crippen MR) is 66.7 cm³/mol. The van der Waals surface area contributed by atoms with Gasteiger partial charge in [0.25, 0.3) is 10.0 Å². The zero-order valence-corrected chi connectivity index (χ0v) is 11.2. The van der Waals surface area contributed by atoms with Crippen LogP contribution in [-0.2, 0) is 23.5 Å². The average molecular weight is 269 g/mol. The van der Waals surface area contributed by atoms with E-state index in [9.17, 15) is 8.42 Å². The Morgan fingerprint density at radius 2 is 2.22 bits per heavy atom. The van der Waals surface area contributed by atoms with E-state index in [-0.39, 0.29) is 5.03 Å². The van der Waals surface area contributed by atoms with Gasteiger partial charge in [-0.2, -0.15) is 13.5 Å². The molecule has 0 aromatic carbocycles. The van der Waals surface area contributed by atoms with E-state index < -0.39 is 10.0 Å². The number of anilines is 1. The second-order valence-electron chi connectivity index (χ2n) is 3.96. The van der Waals surface area contributed by atoms with E-state index in [1.165, 1.54) is 6.20 Å². The molecule has 0 aliphatic heterocycles. The maximum absolute atomic E-state index is 12.1. The number of hydrogen-bond acceptors (Lipinski definition) is 4. The molecule has 2 rings (SSSR count). The molecule has 0 bridgehead atoms. The van der Waals surface area contributed by atoms with Gasteiger partial charge in [-0.15, -0.1) is 0 Å². The molecule has 0 unspecified atom stereocenters. The fourth-order valence-electron chi connectivity index (χ4n) is 1.62. The van der Waals surface area contributed by atoms with Gasteiger partial charge in [0.1, 0.15) is 5.82 Å². The van der Waals surface area contributed by atoms with Crippen molar-refractivity contribution in [1.29, 1.82) is 0 Å². The molecule has 98 valence electrons. The highest BCUT2D eigenvalue weighted by Crippen LogP contribution is 2.18. The normalized spacial score (nSPS) is 11.7. The minimum atomic E-state index is -3.63. The molecule has 0 fully saturated rings. The fourth-order valence-corrected chi connectivity index (χ4v) is 2.66. The third-order valence-electron chi connectivity index (χ3n) is 2.45. The van der Waals surface area contributed by atoms with Gasteiger partial charge < -0.3 is 4.98 Å². The van der Waals surface area contributed by atoms with Crippen LogP contribution in [0, 0.1) is 6.92 Å². The standard InChI is InChI=1S/C10H15N5O2S/c1-4-8-9(6-15(3)13-8)14-18(16,17)10-5-11-7(2)12-10/h5-6,14H,4H2,1-3H3,(H,11,12). The van der Waals surface area contributed by atoms with E-state index in [0.29, 0.717) is 23.6 Å². The molecular formula is C10H15N5O2S. The van der Waals surface area contributed by atoms with Crippen molar-refractivity contribution in [3.63, 3.8) is 0 Å². The summed E-state index contributed by atoms with van der Waals surface area (Å²) >= 11 is 0. The molecule has 7 nitrogen and oxygen atoms in total. The SMILES string of the molecule is CCc1nn(C)cc1NS(=O)(=O)c1cnc(C)[nH]1. The van der Waals surface area contributed by atoms with Crippen LogP contribution in [-0.4, -0.2) is 28.2 Å². The van der Waals surface area contributed by atoms with Crippen LogP contribution in [0.25, 0.3) is 0 Å². The van der Waals surface area contributed by atoms with Crippen molar-refractivity contribution in [3.05, 3.63) is 23.9 Å². The quantitative estimate of drug-likeness (QED) is 0.859. The number of aryl methyl sites for hydroxylation is 3. The lowest BCUT2D eigenvalue weighted by atomic mass is 10.3. The van der Waals surface area contributed by atoms with Gasteiger partial charge in [0.15, 0.2) is 5.03 Å². The Morgan fingerprint density at radius 3 is 2.78 bits per heavy atom. The van der Waals surface area contributed by atoms with Crippen LogP contribution in [0.5, 0.6) is 0 Å². The summed E-state index contributed by atoms with van der Waals surface area (Å²) in [7, 11) is -1.89. The highest BCUT2D eigenvalue weighted by Gasteiger charge is 2.19. The van der Waals surface area contributed by atoms with E-state index in [4.69, 9.17) is 0 Å². The van der Waals surface area contributed by atoms with Crippen LogP contribution in [0.3, 0.4) is 0 Å². The van der Waals surface area contributed by atoms with Gasteiger partial charge >= 0.3 is 0 Å². The van der Waals surface area contributed by atoms with Crippen LogP contribution in [0.15, 0.2) is 17.4 Å². The Morgan fingerprint density at radius 1 is 1.50 bits per heavy atom. The van der Waals surface area contributed by atoms with E-state index in [2.05, 4.69) is 19.8 Å². The van der Waals surface area contributed by atoms with Gasteiger partial charge in [-0.05, 0) is 13.3 Å². The molecule has 2 aromatic heterocycles. The molecule has 8 heteroatoms. The predicted octanol–water partition coefficient (Wildman–Crippen LogP) is 0.815. The molecule has 0 saturated heterocycles. The van der Waals surface area contributed by atoms with E-state index in [1.807, 2.05) is 6.92 Å². The summed E-state index contributed by atoms with van der Waals surface area (Å²) in [5.41, 5.74) is 1.20. The fraction of sp³-hybridized carbons (Fsp3) is 0.400. The number of sulfonamides is 1. The first-order chi connectivity index (χ1) is 8.42. The molecule has 0 amide bonds. The molecule has 2 aromatic rings. The van der Waals surface area contributed by atoms with E-state index in [1.54, 1.807) is 24.9 Å². The lowest BCUT2D eigenvalue weighted by Gasteiger charge is -2.04. The van der Waals surface area contributed by atoms with Gasteiger partial charge in [-0.3, -0.25) is 9.40 Å². The summed E-state index contributed by atoms with van der Waals surface area (Å²) < 4.78 is 28.2.